The van der Waals surface area contributed by atoms with E-state index in [0.717, 1.165) is 0 Å². The number of aryl methyl sites for hydroxylation is 1. The second kappa shape index (κ2) is 6.20. The van der Waals surface area contributed by atoms with Gasteiger partial charge in [0.15, 0.2) is 0 Å². The van der Waals surface area contributed by atoms with Crippen LogP contribution in [0.2, 0.25) is 0 Å². The van der Waals surface area contributed by atoms with Crippen molar-refractivity contribution in [3.05, 3.63) is 70.3 Å². The van der Waals surface area contributed by atoms with E-state index in [-0.39, 0.29) is 22.3 Å². The van der Waals surface area contributed by atoms with Crippen LogP contribution >= 0.6 is 0 Å². The van der Waals surface area contributed by atoms with Gasteiger partial charge in [0.05, 0.1) is 29.4 Å². The van der Waals surface area contributed by atoms with Crippen molar-refractivity contribution >= 4 is 23.8 Å². The summed E-state index contributed by atoms with van der Waals surface area (Å²) in [5, 5.41) is 0.421. The number of hydroxylamine groups is 2. The molecule has 0 unspecified atom stereocenters. The van der Waals surface area contributed by atoms with E-state index in [2.05, 4.69) is 4.74 Å². The quantitative estimate of drug-likeness (QED) is 0.629. The molecule has 0 bridgehead atoms. The van der Waals surface area contributed by atoms with Crippen LogP contribution in [0.25, 0.3) is 0 Å². The van der Waals surface area contributed by atoms with Crippen LogP contribution in [0, 0.1) is 6.92 Å². The molecule has 0 aromatic heterocycles. The third-order valence-corrected chi connectivity index (χ3v) is 3.81. The van der Waals surface area contributed by atoms with Crippen molar-refractivity contribution in [3.63, 3.8) is 0 Å². The van der Waals surface area contributed by atoms with Crippen molar-refractivity contribution in [3.8, 4) is 0 Å². The molecule has 7 nitrogen and oxygen atoms in total. The lowest BCUT2D eigenvalue weighted by Gasteiger charge is -2.13. The number of rotatable bonds is 3. The molecule has 2 aromatic rings. The van der Waals surface area contributed by atoms with Crippen LogP contribution in [0.5, 0.6) is 0 Å². The lowest BCUT2D eigenvalue weighted by Crippen LogP contribution is -2.32. The predicted molar refractivity (Wildman–Crippen MR) is 84.9 cm³/mol. The molecule has 2 amide bonds. The first-order valence-corrected chi connectivity index (χ1v) is 7.33. The summed E-state index contributed by atoms with van der Waals surface area (Å²) in [5.41, 5.74) is 1.16. The van der Waals surface area contributed by atoms with E-state index in [4.69, 9.17) is 4.84 Å². The molecule has 0 radical (unpaired) electrons. The van der Waals surface area contributed by atoms with Crippen molar-refractivity contribution in [2.45, 2.75) is 6.92 Å². The summed E-state index contributed by atoms with van der Waals surface area (Å²) in [5.74, 6) is -2.96. The molecular weight excluding hydrogens is 326 g/mol. The van der Waals surface area contributed by atoms with E-state index in [1.54, 1.807) is 25.1 Å². The van der Waals surface area contributed by atoms with Crippen LogP contribution in [-0.2, 0) is 9.57 Å². The highest BCUT2D eigenvalue weighted by atomic mass is 16.7. The number of nitrogens with zero attached hydrogens (tertiary/aromatic N) is 1. The molecule has 0 aliphatic carbocycles. The summed E-state index contributed by atoms with van der Waals surface area (Å²) in [6.07, 6.45) is 0. The highest BCUT2D eigenvalue weighted by molar-refractivity contribution is 6.21. The molecule has 0 atom stereocenters. The fourth-order valence-electron chi connectivity index (χ4n) is 2.46. The number of methoxy groups -OCH3 is 1. The van der Waals surface area contributed by atoms with Gasteiger partial charge in [-0.1, -0.05) is 23.3 Å². The van der Waals surface area contributed by atoms with E-state index in [0.29, 0.717) is 10.6 Å². The number of hydrogen-bond donors (Lipinski definition) is 0. The molecule has 0 fully saturated rings. The normalized spacial score (nSPS) is 12.8. The molecule has 0 spiro atoms. The largest absolute Gasteiger partial charge is 0.465 e. The SMILES string of the molecule is COC(=O)c1cc(C(=O)ON2C(=O)c3ccccc3C2=O)ccc1C. The first-order valence-electron chi connectivity index (χ1n) is 7.33. The van der Waals surface area contributed by atoms with Crippen molar-refractivity contribution in [1.82, 2.24) is 5.06 Å². The average molecular weight is 339 g/mol. The molecule has 1 heterocycles. The van der Waals surface area contributed by atoms with E-state index in [1.807, 2.05) is 0 Å². The first-order chi connectivity index (χ1) is 11.9. The Labute approximate surface area is 142 Å². The van der Waals surface area contributed by atoms with Gasteiger partial charge in [0.2, 0.25) is 0 Å². The molecule has 126 valence electrons. The number of imide groups is 1. The van der Waals surface area contributed by atoms with Crippen LogP contribution < -0.4 is 0 Å². The molecule has 0 saturated heterocycles. The van der Waals surface area contributed by atoms with Crippen LogP contribution in [0.15, 0.2) is 42.5 Å². The van der Waals surface area contributed by atoms with Gasteiger partial charge in [-0.25, -0.2) is 9.59 Å². The number of carbonyl (C=O) groups is 4. The fourth-order valence-corrected chi connectivity index (χ4v) is 2.46. The van der Waals surface area contributed by atoms with Gasteiger partial charge in [-0.05, 0) is 36.8 Å². The molecule has 7 heteroatoms. The zero-order chi connectivity index (χ0) is 18.1. The minimum absolute atomic E-state index is 0.0163. The lowest BCUT2D eigenvalue weighted by atomic mass is 10.1. The van der Waals surface area contributed by atoms with Gasteiger partial charge in [0.1, 0.15) is 0 Å². The molecule has 0 N–H and O–H groups in total. The van der Waals surface area contributed by atoms with Crippen LogP contribution in [0.3, 0.4) is 0 Å². The Morgan fingerprint density at radius 3 is 2.08 bits per heavy atom. The Morgan fingerprint density at radius 2 is 1.52 bits per heavy atom. The summed E-state index contributed by atoms with van der Waals surface area (Å²) in [6, 6.07) is 10.4. The first kappa shape index (κ1) is 16.4. The molecule has 0 saturated carbocycles. The van der Waals surface area contributed by atoms with Crippen molar-refractivity contribution in [2.75, 3.05) is 7.11 Å². The van der Waals surface area contributed by atoms with Gasteiger partial charge in [0.25, 0.3) is 11.8 Å². The number of ether oxygens (including phenoxy) is 1. The Kier molecular flexibility index (Phi) is 4.06. The number of fused-ring (bicyclic) bond motifs is 1. The number of amides is 2. The summed E-state index contributed by atoms with van der Waals surface area (Å²) in [6.45, 7) is 1.69. The Morgan fingerprint density at radius 1 is 0.920 bits per heavy atom. The maximum atomic E-state index is 12.3. The molecule has 1 aliphatic rings. The number of benzene rings is 2. The molecule has 25 heavy (non-hydrogen) atoms. The second-order valence-electron chi connectivity index (χ2n) is 5.35. The van der Waals surface area contributed by atoms with Gasteiger partial charge < -0.3 is 9.57 Å². The number of esters is 1. The van der Waals surface area contributed by atoms with Crippen LogP contribution in [0.1, 0.15) is 47.0 Å². The predicted octanol–water partition coefficient (Wildman–Crippen LogP) is 2.15. The van der Waals surface area contributed by atoms with Gasteiger partial charge in [-0.3, -0.25) is 9.59 Å². The summed E-state index contributed by atoms with van der Waals surface area (Å²) in [4.78, 5) is 53.4. The van der Waals surface area contributed by atoms with Crippen LogP contribution in [0.4, 0.5) is 0 Å². The summed E-state index contributed by atoms with van der Waals surface area (Å²) < 4.78 is 4.65. The van der Waals surface area contributed by atoms with Crippen molar-refractivity contribution in [1.29, 1.82) is 0 Å². The zero-order valence-electron chi connectivity index (χ0n) is 13.4. The van der Waals surface area contributed by atoms with Crippen molar-refractivity contribution < 1.29 is 28.8 Å². The maximum Gasteiger partial charge on any atom is 0.363 e. The Balaban J connectivity index is 1.86. The molecule has 3 rings (SSSR count). The molecule has 1 aliphatic heterocycles. The smallest absolute Gasteiger partial charge is 0.363 e. The minimum Gasteiger partial charge on any atom is -0.465 e. The third kappa shape index (κ3) is 2.76. The van der Waals surface area contributed by atoms with E-state index >= 15 is 0 Å². The Bertz CT molecular complexity index is 883. The average Bonchev–Trinajstić information content (AvgIpc) is 2.86. The van der Waals surface area contributed by atoms with E-state index < -0.39 is 23.8 Å². The summed E-state index contributed by atoms with van der Waals surface area (Å²) in [7, 11) is 1.23. The van der Waals surface area contributed by atoms with Gasteiger partial charge in [0, 0.05) is 0 Å². The highest BCUT2D eigenvalue weighted by Crippen LogP contribution is 2.23. The van der Waals surface area contributed by atoms with Gasteiger partial charge >= 0.3 is 11.9 Å². The third-order valence-electron chi connectivity index (χ3n) is 3.81. The number of hydrogen-bond acceptors (Lipinski definition) is 6. The monoisotopic (exact) mass is 339 g/mol. The minimum atomic E-state index is -0.931. The lowest BCUT2D eigenvalue weighted by molar-refractivity contribution is -0.0584. The second-order valence-corrected chi connectivity index (χ2v) is 5.35. The molecule has 2 aromatic carbocycles. The van der Waals surface area contributed by atoms with Gasteiger partial charge in [-0.15, -0.1) is 0 Å². The van der Waals surface area contributed by atoms with Crippen molar-refractivity contribution in [2.24, 2.45) is 0 Å². The Hall–Kier alpha value is -3.48. The summed E-state index contributed by atoms with van der Waals surface area (Å²) >= 11 is 0. The maximum absolute atomic E-state index is 12.3. The number of carbonyl (C=O) groups excluding carboxylic acids is 4. The highest BCUT2D eigenvalue weighted by Gasteiger charge is 2.38. The van der Waals surface area contributed by atoms with E-state index in [1.165, 1.54) is 31.4 Å². The zero-order valence-corrected chi connectivity index (χ0v) is 13.4. The molecular formula is C18H13NO6. The standard InChI is InChI=1S/C18H13NO6/c1-10-7-8-11(9-14(10)18(23)24-2)17(22)25-19-15(20)12-5-3-4-6-13(12)16(19)21/h3-9H,1-2H3. The van der Waals surface area contributed by atoms with Crippen LogP contribution in [-0.4, -0.2) is 35.9 Å². The van der Waals surface area contributed by atoms with Gasteiger partial charge in [-0.2, -0.15) is 0 Å². The fraction of sp³-hybridized carbons (Fsp3) is 0.111. The topological polar surface area (TPSA) is 90.0 Å². The van der Waals surface area contributed by atoms with E-state index in [9.17, 15) is 19.2 Å².